The SMILES string of the molecule is CC(C)(C)C[C@@H]1N[C@@H](C(=O)O)[C@H](c2cccc(Cl)c2F)[C@@]1(C#N)c1ccc(Cl)cc1F.NC(=O)c1ccc(N)cc1C(F)(F)F. The van der Waals surface area contributed by atoms with Crippen molar-refractivity contribution in [1.29, 1.82) is 5.26 Å². The zero-order valence-corrected chi connectivity index (χ0v) is 25.7. The largest absolute Gasteiger partial charge is 0.480 e. The summed E-state index contributed by atoms with van der Waals surface area (Å²) in [4.78, 5) is 22.9. The maximum absolute atomic E-state index is 15.2. The van der Waals surface area contributed by atoms with Crippen LogP contribution in [0.5, 0.6) is 0 Å². The molecule has 0 bridgehead atoms. The molecule has 0 unspecified atom stereocenters. The van der Waals surface area contributed by atoms with Crippen LogP contribution in [0.25, 0.3) is 0 Å². The van der Waals surface area contributed by atoms with Crippen molar-refractivity contribution in [2.75, 3.05) is 5.73 Å². The topological polar surface area (TPSA) is 142 Å². The van der Waals surface area contributed by atoms with E-state index in [9.17, 15) is 33.1 Å². The summed E-state index contributed by atoms with van der Waals surface area (Å²) >= 11 is 11.9. The van der Waals surface area contributed by atoms with Gasteiger partial charge < -0.3 is 16.6 Å². The molecule has 4 rings (SSSR count). The van der Waals surface area contributed by atoms with Crippen molar-refractivity contribution in [2.45, 2.75) is 56.8 Å². The highest BCUT2D eigenvalue weighted by atomic mass is 35.5. The Bertz CT molecular complexity index is 1660. The normalized spacial score (nSPS) is 21.4. The van der Waals surface area contributed by atoms with E-state index in [2.05, 4.69) is 11.4 Å². The summed E-state index contributed by atoms with van der Waals surface area (Å²) in [5.74, 6) is -5.22. The molecule has 0 radical (unpaired) electrons. The number of nitrogens with one attached hydrogen (secondary N) is 1. The van der Waals surface area contributed by atoms with Crippen LogP contribution >= 0.6 is 23.2 Å². The number of carboxylic acids is 1. The first kappa shape index (κ1) is 35.6. The summed E-state index contributed by atoms with van der Waals surface area (Å²) in [6, 6.07) is 11.0. The van der Waals surface area contributed by atoms with Crippen LogP contribution in [0, 0.1) is 28.4 Å². The van der Waals surface area contributed by atoms with Gasteiger partial charge in [-0.25, -0.2) is 8.78 Å². The van der Waals surface area contributed by atoms with Gasteiger partial charge >= 0.3 is 12.1 Å². The van der Waals surface area contributed by atoms with Crippen LogP contribution in [0.2, 0.25) is 10.0 Å². The Morgan fingerprint density at radius 1 is 1.07 bits per heavy atom. The average molecular weight is 671 g/mol. The van der Waals surface area contributed by atoms with Gasteiger partial charge in [-0.1, -0.05) is 62.2 Å². The number of hydrogen-bond acceptors (Lipinski definition) is 5. The Hall–Kier alpha value is -3.92. The van der Waals surface area contributed by atoms with E-state index >= 15 is 8.78 Å². The minimum absolute atomic E-state index is 0.0331. The van der Waals surface area contributed by atoms with Crippen molar-refractivity contribution < 1.29 is 36.6 Å². The van der Waals surface area contributed by atoms with Gasteiger partial charge in [0.05, 0.1) is 22.2 Å². The van der Waals surface area contributed by atoms with Crippen molar-refractivity contribution in [1.82, 2.24) is 5.32 Å². The van der Waals surface area contributed by atoms with Gasteiger partial charge in [0, 0.05) is 28.2 Å². The summed E-state index contributed by atoms with van der Waals surface area (Å²) in [7, 11) is 0. The molecule has 0 aromatic heterocycles. The lowest BCUT2D eigenvalue weighted by Crippen LogP contribution is -2.44. The smallest absolute Gasteiger partial charge is 0.417 e. The first-order chi connectivity index (χ1) is 20.7. The molecular formula is C31H29Cl2F5N4O3. The number of carbonyl (C=O) groups is 2. The number of nitrogen functional groups attached to an aromatic ring is 1. The van der Waals surface area contributed by atoms with Crippen molar-refractivity contribution in [3.63, 3.8) is 0 Å². The van der Waals surface area contributed by atoms with Crippen LogP contribution in [-0.2, 0) is 16.4 Å². The molecule has 240 valence electrons. The summed E-state index contributed by atoms with van der Waals surface area (Å²) < 4.78 is 67.3. The second-order valence-electron chi connectivity index (χ2n) is 11.7. The minimum Gasteiger partial charge on any atom is -0.480 e. The molecule has 7 nitrogen and oxygen atoms in total. The van der Waals surface area contributed by atoms with Gasteiger partial charge in [0.15, 0.2) is 0 Å². The Morgan fingerprint density at radius 3 is 2.22 bits per heavy atom. The van der Waals surface area contributed by atoms with E-state index in [1.807, 2.05) is 20.8 Å². The molecule has 4 atom stereocenters. The number of primary amides is 1. The van der Waals surface area contributed by atoms with Crippen molar-refractivity contribution in [3.8, 4) is 6.07 Å². The van der Waals surface area contributed by atoms with Crippen molar-refractivity contribution in [3.05, 3.63) is 98.5 Å². The number of nitrogens with zero attached hydrogens (tertiary/aromatic N) is 1. The fourth-order valence-corrected chi connectivity index (χ4v) is 5.90. The van der Waals surface area contributed by atoms with Crippen LogP contribution < -0.4 is 16.8 Å². The third kappa shape index (κ3) is 7.49. The van der Waals surface area contributed by atoms with E-state index in [-0.39, 0.29) is 32.3 Å². The predicted molar refractivity (Wildman–Crippen MR) is 160 cm³/mol. The molecule has 1 fully saturated rings. The molecule has 0 aliphatic carbocycles. The number of hydrogen-bond donors (Lipinski definition) is 4. The van der Waals surface area contributed by atoms with Crippen molar-refractivity contribution in [2.24, 2.45) is 11.1 Å². The summed E-state index contributed by atoms with van der Waals surface area (Å²) in [5, 5.41) is 23.4. The van der Waals surface area contributed by atoms with Gasteiger partial charge in [-0.3, -0.25) is 14.9 Å². The third-order valence-electron chi connectivity index (χ3n) is 7.33. The number of amides is 1. The minimum atomic E-state index is -4.63. The number of halogens is 7. The Kier molecular flexibility index (Phi) is 10.4. The molecule has 45 heavy (non-hydrogen) atoms. The van der Waals surface area contributed by atoms with Gasteiger partial charge in [0.1, 0.15) is 23.1 Å². The number of benzene rings is 3. The first-order valence-electron chi connectivity index (χ1n) is 13.3. The van der Waals surface area contributed by atoms with Crippen LogP contribution in [0.3, 0.4) is 0 Å². The lowest BCUT2D eigenvalue weighted by Gasteiger charge is -2.37. The number of rotatable bonds is 5. The standard InChI is InChI=1S/C23H22Cl2F2N2O2.C8H7F3N2O/c1-22(2,3)10-17-23(11-28,14-8-7-12(24)9-16(14)26)18(20(29-17)21(30)31)13-5-4-6-15(25)19(13)27;9-8(10,11)6-3-4(12)1-2-5(6)7(13)14/h4-9,17-18,20,29H,10H2,1-3H3,(H,30,31);1-3H,12H2,(H2,13,14)/t17-,18-,20+,23-;/m0./s1. The van der Waals surface area contributed by atoms with E-state index in [4.69, 9.17) is 34.7 Å². The number of nitriles is 1. The molecule has 1 heterocycles. The maximum Gasteiger partial charge on any atom is 0.417 e. The lowest BCUT2D eigenvalue weighted by atomic mass is 9.62. The zero-order valence-electron chi connectivity index (χ0n) is 24.1. The quantitative estimate of drug-likeness (QED) is 0.169. The second-order valence-corrected chi connectivity index (χ2v) is 12.5. The summed E-state index contributed by atoms with van der Waals surface area (Å²) in [6.45, 7) is 5.79. The number of carboxylic acid groups (broad SMARTS) is 1. The van der Waals surface area contributed by atoms with E-state index in [0.717, 1.165) is 12.1 Å². The Balaban J connectivity index is 0.000000330. The van der Waals surface area contributed by atoms with Gasteiger partial charge in [-0.05, 0) is 53.8 Å². The monoisotopic (exact) mass is 670 g/mol. The van der Waals surface area contributed by atoms with E-state index in [1.165, 1.54) is 36.4 Å². The molecular weight excluding hydrogens is 642 g/mol. The summed E-state index contributed by atoms with van der Waals surface area (Å²) in [5.41, 5.74) is 6.05. The van der Waals surface area contributed by atoms with Gasteiger partial charge in [0.2, 0.25) is 5.91 Å². The molecule has 0 saturated carbocycles. The fraction of sp³-hybridized carbons (Fsp3) is 0.323. The van der Waals surface area contributed by atoms with E-state index in [1.54, 1.807) is 0 Å². The molecule has 3 aromatic rings. The number of aliphatic carboxylic acids is 1. The lowest BCUT2D eigenvalue weighted by molar-refractivity contribution is -0.140. The number of nitrogens with two attached hydrogens (primary N) is 2. The highest BCUT2D eigenvalue weighted by Crippen LogP contribution is 2.52. The molecule has 3 aromatic carbocycles. The van der Waals surface area contributed by atoms with Crippen LogP contribution in [0.15, 0.2) is 54.6 Å². The Labute approximate surface area is 265 Å². The molecule has 1 aliphatic heterocycles. The second kappa shape index (κ2) is 13.2. The van der Waals surface area contributed by atoms with Gasteiger partial charge in [-0.2, -0.15) is 18.4 Å². The third-order valence-corrected chi connectivity index (χ3v) is 7.86. The number of anilines is 1. The summed E-state index contributed by atoms with van der Waals surface area (Å²) in [6.07, 6.45) is -4.29. The van der Waals surface area contributed by atoms with E-state index in [0.29, 0.717) is 12.5 Å². The molecule has 1 amide bonds. The van der Waals surface area contributed by atoms with Crippen LogP contribution in [-0.4, -0.2) is 29.1 Å². The molecule has 0 spiro atoms. The van der Waals surface area contributed by atoms with E-state index < -0.39 is 64.2 Å². The van der Waals surface area contributed by atoms with Crippen molar-refractivity contribution >= 4 is 40.8 Å². The maximum atomic E-state index is 15.2. The first-order valence-corrected chi connectivity index (χ1v) is 14.1. The predicted octanol–water partition coefficient (Wildman–Crippen LogP) is 7.06. The number of carbonyl (C=O) groups excluding carboxylic acids is 1. The Morgan fingerprint density at radius 2 is 1.71 bits per heavy atom. The molecule has 6 N–H and O–H groups in total. The zero-order chi connectivity index (χ0) is 34.1. The highest BCUT2D eigenvalue weighted by molar-refractivity contribution is 6.31. The highest BCUT2D eigenvalue weighted by Gasteiger charge is 2.61. The van der Waals surface area contributed by atoms with Gasteiger partial charge in [0.25, 0.3) is 0 Å². The average Bonchev–Trinajstić information content (AvgIpc) is 3.23. The van der Waals surface area contributed by atoms with Gasteiger partial charge in [-0.15, -0.1) is 0 Å². The fourth-order valence-electron chi connectivity index (χ4n) is 5.55. The van der Waals surface area contributed by atoms with Crippen LogP contribution in [0.4, 0.5) is 27.6 Å². The molecule has 1 saturated heterocycles. The van der Waals surface area contributed by atoms with Crippen LogP contribution in [0.1, 0.15) is 60.2 Å². The molecule has 14 heteroatoms. The number of alkyl halides is 3. The molecule has 1 aliphatic rings.